The van der Waals surface area contributed by atoms with Crippen LogP contribution in [0.1, 0.15) is 46.5 Å². The normalized spacial score (nSPS) is 17.9. The average molecular weight is 428 g/mol. The molecule has 0 saturated carbocycles. The number of imidazole rings is 1. The summed E-state index contributed by atoms with van der Waals surface area (Å²) in [5.41, 5.74) is 3.59. The molecule has 0 bridgehead atoms. The number of aromatic nitrogens is 4. The van der Waals surface area contributed by atoms with Gasteiger partial charge in [-0.05, 0) is 31.4 Å². The predicted octanol–water partition coefficient (Wildman–Crippen LogP) is 3.07. The molecule has 0 saturated heterocycles. The van der Waals surface area contributed by atoms with Crippen molar-refractivity contribution in [3.05, 3.63) is 58.4 Å². The zero-order chi connectivity index (χ0) is 20.7. The topological polar surface area (TPSA) is 83.2 Å². The van der Waals surface area contributed by atoms with Gasteiger partial charge >= 0.3 is 0 Å². The molecule has 1 aromatic carbocycles. The number of ether oxygens (including phenoxy) is 2. The smallest absolute Gasteiger partial charge is 0.287 e. The number of benzene rings is 1. The number of halogens is 1. The van der Waals surface area contributed by atoms with Gasteiger partial charge in [-0.25, -0.2) is 9.67 Å². The van der Waals surface area contributed by atoms with Crippen LogP contribution >= 0.6 is 11.6 Å². The van der Waals surface area contributed by atoms with E-state index in [9.17, 15) is 4.79 Å². The summed E-state index contributed by atoms with van der Waals surface area (Å²) in [5.74, 6) is 0.834. The quantitative estimate of drug-likeness (QED) is 0.691. The third-order valence-corrected chi connectivity index (χ3v) is 6.08. The van der Waals surface area contributed by atoms with Crippen LogP contribution in [0, 0.1) is 0 Å². The number of aryl methyl sites for hydroxylation is 1. The van der Waals surface area contributed by atoms with Gasteiger partial charge in [-0.1, -0.05) is 17.7 Å². The molecule has 0 aliphatic carbocycles. The summed E-state index contributed by atoms with van der Waals surface area (Å²) in [4.78, 5) is 17.3. The van der Waals surface area contributed by atoms with Crippen LogP contribution < -0.4 is 10.1 Å². The maximum atomic E-state index is 13.0. The van der Waals surface area contributed by atoms with Crippen molar-refractivity contribution in [3.63, 3.8) is 0 Å². The van der Waals surface area contributed by atoms with Crippen molar-refractivity contribution in [1.82, 2.24) is 24.6 Å². The Morgan fingerprint density at radius 3 is 3.10 bits per heavy atom. The van der Waals surface area contributed by atoms with Gasteiger partial charge < -0.3 is 19.4 Å². The molecule has 1 amide bonds. The number of fused-ring (bicyclic) bond motifs is 2. The van der Waals surface area contributed by atoms with Crippen molar-refractivity contribution >= 4 is 17.5 Å². The molecule has 1 N–H and O–H groups in total. The third-order valence-electron chi connectivity index (χ3n) is 5.70. The van der Waals surface area contributed by atoms with Crippen molar-refractivity contribution in [2.75, 3.05) is 13.7 Å². The molecular formula is C21H22ClN5O3. The minimum atomic E-state index is -0.309. The van der Waals surface area contributed by atoms with Crippen LogP contribution in [0.15, 0.2) is 30.6 Å². The van der Waals surface area contributed by atoms with E-state index in [1.54, 1.807) is 30.3 Å². The molecule has 0 spiro atoms. The Morgan fingerprint density at radius 2 is 2.23 bits per heavy atom. The largest absolute Gasteiger partial charge is 0.495 e. The van der Waals surface area contributed by atoms with E-state index in [2.05, 4.69) is 15.4 Å². The molecule has 4 heterocycles. The Kier molecular flexibility index (Phi) is 4.96. The van der Waals surface area contributed by atoms with Crippen molar-refractivity contribution in [2.24, 2.45) is 0 Å². The summed E-state index contributed by atoms with van der Waals surface area (Å²) in [5, 5.41) is 8.06. The van der Waals surface area contributed by atoms with Crippen LogP contribution in [0.3, 0.4) is 0 Å². The van der Waals surface area contributed by atoms with Gasteiger partial charge in [0.25, 0.3) is 5.91 Å². The molecule has 9 heteroatoms. The van der Waals surface area contributed by atoms with E-state index in [-0.39, 0.29) is 11.9 Å². The fourth-order valence-corrected chi connectivity index (χ4v) is 4.46. The minimum absolute atomic E-state index is 0.197. The van der Waals surface area contributed by atoms with Gasteiger partial charge in [0, 0.05) is 24.0 Å². The molecule has 2 aliphatic heterocycles. The molecule has 1 unspecified atom stereocenters. The summed E-state index contributed by atoms with van der Waals surface area (Å²) < 4.78 is 14.9. The fraction of sp³-hybridized carbons (Fsp3) is 0.381. The van der Waals surface area contributed by atoms with Gasteiger partial charge in [0.05, 0.1) is 43.9 Å². The highest BCUT2D eigenvalue weighted by atomic mass is 35.5. The zero-order valence-electron chi connectivity index (χ0n) is 16.6. The van der Waals surface area contributed by atoms with Crippen molar-refractivity contribution in [3.8, 4) is 11.4 Å². The second kappa shape index (κ2) is 7.77. The maximum absolute atomic E-state index is 13.0. The first kappa shape index (κ1) is 19.1. The number of hydrogen-bond donors (Lipinski definition) is 1. The fourth-order valence-electron chi connectivity index (χ4n) is 4.17. The molecule has 2 aromatic heterocycles. The van der Waals surface area contributed by atoms with Gasteiger partial charge in [0.1, 0.15) is 10.8 Å². The Labute approximate surface area is 178 Å². The molecule has 8 nitrogen and oxygen atoms in total. The lowest BCUT2D eigenvalue weighted by Crippen LogP contribution is -2.36. The van der Waals surface area contributed by atoms with Crippen LogP contribution in [0.25, 0.3) is 5.69 Å². The van der Waals surface area contributed by atoms with Crippen LogP contribution in [0.2, 0.25) is 5.02 Å². The number of carbonyl (C=O) groups excluding carboxylic acids is 1. The number of nitrogens with one attached hydrogen (secondary N) is 1. The van der Waals surface area contributed by atoms with Gasteiger partial charge in [0.2, 0.25) is 0 Å². The second-order valence-electron chi connectivity index (χ2n) is 7.47. The molecule has 3 aromatic rings. The van der Waals surface area contributed by atoms with Gasteiger partial charge in [-0.2, -0.15) is 5.10 Å². The van der Waals surface area contributed by atoms with E-state index in [1.165, 1.54) is 0 Å². The number of methoxy groups -OCH3 is 1. The zero-order valence-corrected chi connectivity index (χ0v) is 17.4. The Morgan fingerprint density at radius 1 is 1.33 bits per heavy atom. The maximum Gasteiger partial charge on any atom is 0.287 e. The lowest BCUT2D eigenvalue weighted by Gasteiger charge is -2.25. The molecule has 2 aliphatic rings. The van der Waals surface area contributed by atoms with Gasteiger partial charge in [0.15, 0.2) is 5.82 Å². The number of rotatable bonds is 4. The third kappa shape index (κ3) is 3.16. The van der Waals surface area contributed by atoms with E-state index in [0.29, 0.717) is 35.5 Å². The average Bonchev–Trinajstić information content (AvgIpc) is 3.39. The molecule has 156 valence electrons. The first-order chi connectivity index (χ1) is 14.7. The summed E-state index contributed by atoms with van der Waals surface area (Å²) >= 11 is 6.49. The summed E-state index contributed by atoms with van der Waals surface area (Å²) in [6, 6.07) is 5.22. The summed E-state index contributed by atoms with van der Waals surface area (Å²) in [6.45, 7) is 1.59. The van der Waals surface area contributed by atoms with Crippen LogP contribution in [0.5, 0.6) is 5.75 Å². The number of nitrogens with zero attached hydrogens (tertiary/aromatic N) is 4. The molecule has 30 heavy (non-hydrogen) atoms. The number of amides is 1. The Hall–Kier alpha value is -2.84. The highest BCUT2D eigenvalue weighted by molar-refractivity contribution is 6.33. The van der Waals surface area contributed by atoms with Crippen molar-refractivity contribution < 1.29 is 14.3 Å². The Bertz CT molecular complexity index is 1110. The monoisotopic (exact) mass is 427 g/mol. The lowest BCUT2D eigenvalue weighted by atomic mass is 10.1. The van der Waals surface area contributed by atoms with Crippen LogP contribution in [0.4, 0.5) is 0 Å². The highest BCUT2D eigenvalue weighted by Gasteiger charge is 2.29. The first-order valence-corrected chi connectivity index (χ1v) is 10.4. The van der Waals surface area contributed by atoms with Gasteiger partial charge in [-0.15, -0.1) is 0 Å². The Balaban J connectivity index is 1.43. The first-order valence-electron chi connectivity index (χ1n) is 10.00. The van der Waals surface area contributed by atoms with E-state index < -0.39 is 0 Å². The van der Waals surface area contributed by atoms with E-state index in [4.69, 9.17) is 21.1 Å². The van der Waals surface area contributed by atoms with Crippen LogP contribution in [-0.2, 0) is 24.3 Å². The minimum Gasteiger partial charge on any atom is -0.495 e. The van der Waals surface area contributed by atoms with E-state index in [0.717, 1.165) is 42.8 Å². The number of carbonyl (C=O) groups is 1. The molecule has 5 rings (SSSR count). The highest BCUT2D eigenvalue weighted by Crippen LogP contribution is 2.34. The lowest BCUT2D eigenvalue weighted by molar-refractivity contribution is 0.0679. The molecule has 0 fully saturated rings. The second-order valence-corrected chi connectivity index (χ2v) is 7.85. The van der Waals surface area contributed by atoms with Crippen molar-refractivity contribution in [1.29, 1.82) is 0 Å². The van der Waals surface area contributed by atoms with Crippen molar-refractivity contribution in [2.45, 2.75) is 38.5 Å². The van der Waals surface area contributed by atoms with E-state index >= 15 is 0 Å². The summed E-state index contributed by atoms with van der Waals surface area (Å²) in [6.07, 6.45) is 6.73. The summed E-state index contributed by atoms with van der Waals surface area (Å²) in [7, 11) is 1.58. The number of hydrogen-bond acceptors (Lipinski definition) is 5. The van der Waals surface area contributed by atoms with Gasteiger partial charge in [-0.3, -0.25) is 4.79 Å². The van der Waals surface area contributed by atoms with E-state index in [1.807, 2.05) is 16.7 Å². The van der Waals surface area contributed by atoms with Crippen LogP contribution in [-0.4, -0.2) is 39.0 Å². The SMILES string of the molecule is COc1cccc(-n2ncc3c2COCC3NC(=O)c2ncc3n2CCCC3)c1Cl. The molecule has 1 atom stereocenters. The molecule has 0 radical (unpaired) electrons. The molecular weight excluding hydrogens is 406 g/mol. The predicted molar refractivity (Wildman–Crippen MR) is 110 cm³/mol. The standard InChI is InChI=1S/C21H22ClN5O3/c1-29-18-7-4-6-16(19(18)22)27-17-12-30-11-15(14(17)10-24-27)25-21(28)20-23-9-13-5-2-3-8-26(13)20/h4,6-7,9-10,15H,2-3,5,8,11-12H2,1H3,(H,25,28).